The minimum absolute atomic E-state index is 0.134. The van der Waals surface area contributed by atoms with Crippen LogP contribution >= 0.6 is 11.3 Å². The number of thiazole rings is 1. The van der Waals surface area contributed by atoms with Crippen molar-refractivity contribution in [3.63, 3.8) is 0 Å². The van der Waals surface area contributed by atoms with E-state index in [0.29, 0.717) is 5.56 Å². The number of aryl methyl sites for hydroxylation is 1. The largest absolute Gasteiger partial charge is 0.396 e. The minimum Gasteiger partial charge on any atom is -0.396 e. The molecule has 0 fully saturated rings. The summed E-state index contributed by atoms with van der Waals surface area (Å²) in [7, 11) is 0. The molecule has 0 radical (unpaired) electrons. The van der Waals surface area contributed by atoms with Crippen molar-refractivity contribution < 1.29 is 9.50 Å². The van der Waals surface area contributed by atoms with E-state index in [9.17, 15) is 4.39 Å². The van der Waals surface area contributed by atoms with Crippen LogP contribution in [0.3, 0.4) is 0 Å². The maximum Gasteiger partial charge on any atom is 0.133 e. The standard InChI is InChI=1S/C17H23FN2OS/c1-4-13(9-10-21)19-11(2)16-12(3)20-17(22-16)14-7-5-6-8-15(14)18/h5-8,11,13,19,21H,4,9-10H2,1-3H3. The smallest absolute Gasteiger partial charge is 0.133 e. The van der Waals surface area contributed by atoms with Crippen LogP contribution in [0.15, 0.2) is 24.3 Å². The van der Waals surface area contributed by atoms with E-state index >= 15 is 0 Å². The first-order chi connectivity index (χ1) is 10.6. The van der Waals surface area contributed by atoms with E-state index in [4.69, 9.17) is 5.11 Å². The number of aliphatic hydroxyl groups is 1. The molecule has 0 amide bonds. The van der Waals surface area contributed by atoms with Crippen LogP contribution in [0.1, 0.15) is 43.3 Å². The molecule has 0 saturated heterocycles. The van der Waals surface area contributed by atoms with Crippen LogP contribution in [0.4, 0.5) is 4.39 Å². The Balaban J connectivity index is 2.21. The van der Waals surface area contributed by atoms with Crippen molar-refractivity contribution in [3.05, 3.63) is 40.7 Å². The van der Waals surface area contributed by atoms with E-state index in [0.717, 1.165) is 28.4 Å². The molecule has 1 heterocycles. The van der Waals surface area contributed by atoms with Crippen molar-refractivity contribution in [1.82, 2.24) is 10.3 Å². The lowest BCUT2D eigenvalue weighted by Gasteiger charge is -2.21. The van der Waals surface area contributed by atoms with Gasteiger partial charge in [-0.3, -0.25) is 0 Å². The summed E-state index contributed by atoms with van der Waals surface area (Å²) >= 11 is 1.53. The summed E-state index contributed by atoms with van der Waals surface area (Å²) in [6, 6.07) is 7.14. The first kappa shape index (κ1) is 17.1. The molecule has 1 aromatic carbocycles. The van der Waals surface area contributed by atoms with Gasteiger partial charge in [0.05, 0.1) is 5.69 Å². The molecular weight excluding hydrogens is 299 g/mol. The number of hydrogen-bond donors (Lipinski definition) is 2. The highest BCUT2D eigenvalue weighted by molar-refractivity contribution is 7.15. The van der Waals surface area contributed by atoms with Gasteiger partial charge < -0.3 is 10.4 Å². The number of nitrogens with one attached hydrogen (secondary N) is 1. The third-order valence-electron chi connectivity index (χ3n) is 3.79. The zero-order chi connectivity index (χ0) is 16.1. The van der Waals surface area contributed by atoms with Gasteiger partial charge in [-0.15, -0.1) is 11.3 Å². The van der Waals surface area contributed by atoms with Crippen molar-refractivity contribution in [2.24, 2.45) is 0 Å². The van der Waals surface area contributed by atoms with E-state index in [1.165, 1.54) is 17.4 Å². The average molecular weight is 322 g/mol. The Bertz CT molecular complexity index is 614. The maximum atomic E-state index is 13.9. The lowest BCUT2D eigenvalue weighted by atomic mass is 10.1. The van der Waals surface area contributed by atoms with Gasteiger partial charge in [-0.05, 0) is 38.8 Å². The quantitative estimate of drug-likeness (QED) is 0.808. The third kappa shape index (κ3) is 3.91. The highest BCUT2D eigenvalue weighted by Gasteiger charge is 2.19. The predicted octanol–water partition coefficient (Wildman–Crippen LogP) is 4.07. The molecular formula is C17H23FN2OS. The molecule has 3 nitrogen and oxygen atoms in total. The summed E-state index contributed by atoms with van der Waals surface area (Å²) in [5.74, 6) is -0.241. The van der Waals surface area contributed by atoms with Crippen LogP contribution in [-0.2, 0) is 0 Å². The second-order valence-corrected chi connectivity index (χ2v) is 6.48. The zero-order valence-electron chi connectivity index (χ0n) is 13.3. The molecule has 0 aliphatic carbocycles. The molecule has 22 heavy (non-hydrogen) atoms. The van der Waals surface area contributed by atoms with Gasteiger partial charge in [0, 0.05) is 29.1 Å². The molecule has 2 atom stereocenters. The molecule has 2 rings (SSSR count). The van der Waals surface area contributed by atoms with E-state index in [2.05, 4.69) is 24.1 Å². The molecule has 2 unspecified atom stereocenters. The van der Waals surface area contributed by atoms with Crippen molar-refractivity contribution >= 4 is 11.3 Å². The first-order valence-corrected chi connectivity index (χ1v) is 8.47. The number of nitrogens with zero attached hydrogens (tertiary/aromatic N) is 1. The summed E-state index contributed by atoms with van der Waals surface area (Å²) in [4.78, 5) is 5.65. The van der Waals surface area contributed by atoms with Gasteiger partial charge in [-0.2, -0.15) is 0 Å². The second-order valence-electron chi connectivity index (χ2n) is 5.45. The van der Waals surface area contributed by atoms with E-state index in [-0.39, 0.29) is 24.5 Å². The Morgan fingerprint density at radius 1 is 1.36 bits per heavy atom. The maximum absolute atomic E-state index is 13.9. The monoisotopic (exact) mass is 322 g/mol. The Hall–Kier alpha value is -1.30. The molecule has 1 aromatic heterocycles. The van der Waals surface area contributed by atoms with Gasteiger partial charge in [-0.25, -0.2) is 9.37 Å². The van der Waals surface area contributed by atoms with Crippen LogP contribution in [0.5, 0.6) is 0 Å². The van der Waals surface area contributed by atoms with E-state index < -0.39 is 0 Å². The number of rotatable bonds is 7. The number of aromatic nitrogens is 1. The van der Waals surface area contributed by atoms with Crippen molar-refractivity contribution in [2.45, 2.75) is 45.7 Å². The van der Waals surface area contributed by atoms with Gasteiger partial charge in [0.15, 0.2) is 0 Å². The fourth-order valence-electron chi connectivity index (χ4n) is 2.55. The number of halogens is 1. The topological polar surface area (TPSA) is 45.1 Å². The van der Waals surface area contributed by atoms with Gasteiger partial charge in [0.25, 0.3) is 0 Å². The lowest BCUT2D eigenvalue weighted by Crippen LogP contribution is -2.31. The van der Waals surface area contributed by atoms with Crippen LogP contribution in [0, 0.1) is 12.7 Å². The summed E-state index contributed by atoms with van der Waals surface area (Å²) in [5, 5.41) is 13.3. The summed E-state index contributed by atoms with van der Waals surface area (Å²) in [6.45, 7) is 6.33. The van der Waals surface area contributed by atoms with E-state index in [1.54, 1.807) is 12.1 Å². The van der Waals surface area contributed by atoms with Crippen molar-refractivity contribution in [2.75, 3.05) is 6.61 Å². The molecule has 120 valence electrons. The van der Waals surface area contributed by atoms with Crippen LogP contribution in [0.25, 0.3) is 10.6 Å². The van der Waals surface area contributed by atoms with Crippen molar-refractivity contribution in [1.29, 1.82) is 0 Å². The molecule has 0 aliphatic heterocycles. The summed E-state index contributed by atoms with van der Waals surface area (Å²) in [6.07, 6.45) is 1.70. The number of benzene rings is 1. The van der Waals surface area contributed by atoms with Crippen molar-refractivity contribution in [3.8, 4) is 10.6 Å². The van der Waals surface area contributed by atoms with Gasteiger partial charge in [-0.1, -0.05) is 19.1 Å². The molecule has 0 spiro atoms. The first-order valence-electron chi connectivity index (χ1n) is 7.66. The second kappa shape index (κ2) is 7.81. The molecule has 2 N–H and O–H groups in total. The Morgan fingerprint density at radius 2 is 2.09 bits per heavy atom. The normalized spacial score (nSPS) is 14.0. The Kier molecular flexibility index (Phi) is 6.06. The minimum atomic E-state index is -0.241. The molecule has 0 saturated carbocycles. The van der Waals surface area contributed by atoms with Gasteiger partial charge in [0.2, 0.25) is 0 Å². The SMILES string of the molecule is CCC(CCO)NC(C)c1sc(-c2ccccc2F)nc1C. The average Bonchev–Trinajstić information content (AvgIpc) is 2.89. The number of aliphatic hydroxyl groups excluding tert-OH is 1. The van der Waals surface area contributed by atoms with Gasteiger partial charge >= 0.3 is 0 Å². The fourth-order valence-corrected chi connectivity index (χ4v) is 3.65. The fraction of sp³-hybridized carbons (Fsp3) is 0.471. The van der Waals surface area contributed by atoms with Crippen LogP contribution < -0.4 is 5.32 Å². The molecule has 0 aliphatic rings. The number of hydrogen-bond acceptors (Lipinski definition) is 4. The Labute approximate surface area is 135 Å². The Morgan fingerprint density at radius 3 is 2.73 bits per heavy atom. The summed E-state index contributed by atoms with van der Waals surface area (Å²) in [5.41, 5.74) is 1.48. The zero-order valence-corrected chi connectivity index (χ0v) is 14.1. The van der Waals surface area contributed by atoms with E-state index in [1.807, 2.05) is 13.0 Å². The lowest BCUT2D eigenvalue weighted by molar-refractivity contribution is 0.257. The van der Waals surface area contributed by atoms with Crippen LogP contribution in [0.2, 0.25) is 0 Å². The van der Waals surface area contributed by atoms with Gasteiger partial charge in [0.1, 0.15) is 10.8 Å². The third-order valence-corrected chi connectivity index (χ3v) is 5.16. The highest BCUT2D eigenvalue weighted by atomic mass is 32.1. The van der Waals surface area contributed by atoms with Crippen LogP contribution in [-0.4, -0.2) is 22.7 Å². The summed E-state index contributed by atoms with van der Waals surface area (Å²) < 4.78 is 13.9. The molecule has 5 heteroatoms. The molecule has 0 bridgehead atoms. The molecule has 2 aromatic rings. The highest BCUT2D eigenvalue weighted by Crippen LogP contribution is 2.33. The predicted molar refractivity (Wildman–Crippen MR) is 89.6 cm³/mol.